The van der Waals surface area contributed by atoms with Crippen LogP contribution in [0.5, 0.6) is 0 Å². The Hall–Kier alpha value is 0.110. The number of hydrogen-bond donors (Lipinski definition) is 0. The van der Waals surface area contributed by atoms with E-state index in [9.17, 15) is 0 Å². The van der Waals surface area contributed by atoms with Crippen LogP contribution in [0.3, 0.4) is 0 Å². The van der Waals surface area contributed by atoms with Gasteiger partial charge in [0.25, 0.3) is 0 Å². The second-order valence-corrected chi connectivity index (χ2v) is 5.34. The third-order valence-electron chi connectivity index (χ3n) is 2.68. The van der Waals surface area contributed by atoms with Gasteiger partial charge in [0.1, 0.15) is 0 Å². The molecule has 1 aliphatic carbocycles. The summed E-state index contributed by atoms with van der Waals surface area (Å²) in [6.45, 7) is 0. The van der Waals surface area contributed by atoms with Crippen LogP contribution in [0, 0.1) is 5.92 Å². The van der Waals surface area contributed by atoms with Gasteiger partial charge in [-0.15, -0.1) is 0 Å². The van der Waals surface area contributed by atoms with E-state index in [1.165, 1.54) is 32.1 Å². The smallest absolute Gasteiger partial charge is 0.160 e. The van der Waals surface area contributed by atoms with E-state index in [0.717, 1.165) is 10.2 Å². The minimum absolute atomic E-state index is 0.609. The van der Waals surface area contributed by atoms with Gasteiger partial charge in [-0.05, 0) is 18.8 Å². The lowest BCUT2D eigenvalue weighted by Gasteiger charge is -2.24. The van der Waals surface area contributed by atoms with Crippen molar-refractivity contribution in [2.45, 2.75) is 37.4 Å². The SMILES string of the molecule is S=C1N=CC(C2CCCCC2)S1. The summed E-state index contributed by atoms with van der Waals surface area (Å²) in [5.41, 5.74) is 0. The molecule has 0 aromatic heterocycles. The Balaban J connectivity index is 1.91. The highest BCUT2D eigenvalue weighted by Crippen LogP contribution is 2.34. The standard InChI is InChI=1S/C9H13NS2/c11-9-10-6-8(12-9)7-4-2-1-3-5-7/h6-8H,1-5H2. The molecule has 1 fully saturated rings. The van der Waals surface area contributed by atoms with E-state index >= 15 is 0 Å². The summed E-state index contributed by atoms with van der Waals surface area (Å²) < 4.78 is 0.838. The molecule has 1 saturated carbocycles. The van der Waals surface area contributed by atoms with Gasteiger partial charge in [-0.3, -0.25) is 0 Å². The number of rotatable bonds is 1. The first-order valence-electron chi connectivity index (χ1n) is 4.61. The molecule has 3 heteroatoms. The monoisotopic (exact) mass is 199 g/mol. The molecule has 1 atom stereocenters. The summed E-state index contributed by atoms with van der Waals surface area (Å²) >= 11 is 6.81. The fraction of sp³-hybridized carbons (Fsp3) is 0.778. The van der Waals surface area contributed by atoms with Crippen molar-refractivity contribution in [2.24, 2.45) is 10.9 Å². The van der Waals surface area contributed by atoms with Gasteiger partial charge in [0, 0.05) is 11.5 Å². The highest BCUT2D eigenvalue weighted by atomic mass is 32.2. The fourth-order valence-corrected chi connectivity index (χ4v) is 3.33. The van der Waals surface area contributed by atoms with E-state index in [0.29, 0.717) is 5.25 Å². The average Bonchev–Trinajstić information content (AvgIpc) is 2.54. The van der Waals surface area contributed by atoms with Gasteiger partial charge in [-0.2, -0.15) is 0 Å². The zero-order chi connectivity index (χ0) is 8.39. The molecule has 66 valence electrons. The van der Waals surface area contributed by atoms with E-state index in [4.69, 9.17) is 12.2 Å². The molecular formula is C9H13NS2. The Kier molecular flexibility index (Phi) is 2.81. The molecule has 0 spiro atoms. The zero-order valence-electron chi connectivity index (χ0n) is 7.03. The van der Waals surface area contributed by atoms with Gasteiger partial charge in [0.15, 0.2) is 4.32 Å². The van der Waals surface area contributed by atoms with Crippen LogP contribution in [0.25, 0.3) is 0 Å². The molecule has 0 radical (unpaired) electrons. The lowest BCUT2D eigenvalue weighted by Crippen LogP contribution is -2.19. The van der Waals surface area contributed by atoms with E-state index in [1.54, 1.807) is 11.8 Å². The second-order valence-electron chi connectivity index (χ2n) is 3.52. The topological polar surface area (TPSA) is 12.4 Å². The first-order valence-corrected chi connectivity index (χ1v) is 5.90. The van der Waals surface area contributed by atoms with Crippen LogP contribution in [0.4, 0.5) is 0 Å². The maximum Gasteiger partial charge on any atom is 0.160 e. The Morgan fingerprint density at radius 2 is 2.08 bits per heavy atom. The quantitative estimate of drug-likeness (QED) is 0.602. The minimum atomic E-state index is 0.609. The molecule has 0 aromatic carbocycles. The van der Waals surface area contributed by atoms with Crippen molar-refractivity contribution < 1.29 is 0 Å². The van der Waals surface area contributed by atoms with Gasteiger partial charge in [0.2, 0.25) is 0 Å². The van der Waals surface area contributed by atoms with Crippen molar-refractivity contribution in [3.8, 4) is 0 Å². The Morgan fingerprint density at radius 3 is 2.67 bits per heavy atom. The summed E-state index contributed by atoms with van der Waals surface area (Å²) in [5, 5.41) is 0.609. The van der Waals surface area contributed by atoms with Crippen LogP contribution in [-0.4, -0.2) is 15.8 Å². The van der Waals surface area contributed by atoms with Gasteiger partial charge in [0.05, 0.1) is 0 Å². The summed E-state index contributed by atoms with van der Waals surface area (Å²) in [7, 11) is 0. The van der Waals surface area contributed by atoms with Crippen molar-refractivity contribution in [1.82, 2.24) is 0 Å². The minimum Gasteiger partial charge on any atom is -0.241 e. The number of thioether (sulfide) groups is 1. The second kappa shape index (κ2) is 3.88. The van der Waals surface area contributed by atoms with E-state index in [-0.39, 0.29) is 0 Å². The molecule has 0 amide bonds. The largest absolute Gasteiger partial charge is 0.241 e. The molecular weight excluding hydrogens is 186 g/mol. The fourth-order valence-electron chi connectivity index (χ4n) is 1.99. The van der Waals surface area contributed by atoms with Gasteiger partial charge in [-0.1, -0.05) is 43.2 Å². The van der Waals surface area contributed by atoms with Crippen LogP contribution >= 0.6 is 24.0 Å². The number of hydrogen-bond acceptors (Lipinski definition) is 2. The molecule has 0 bridgehead atoms. The molecule has 1 heterocycles. The summed E-state index contributed by atoms with van der Waals surface area (Å²) in [6.07, 6.45) is 9.06. The molecule has 12 heavy (non-hydrogen) atoms. The summed E-state index contributed by atoms with van der Waals surface area (Å²) in [4.78, 5) is 4.16. The lowest BCUT2D eigenvalue weighted by atomic mass is 9.87. The Bertz CT molecular complexity index is 207. The van der Waals surface area contributed by atoms with Crippen molar-refractivity contribution in [3.05, 3.63) is 0 Å². The normalized spacial score (nSPS) is 31.3. The maximum atomic E-state index is 5.03. The molecule has 0 N–H and O–H groups in total. The van der Waals surface area contributed by atoms with Crippen LogP contribution in [0.15, 0.2) is 4.99 Å². The first kappa shape index (κ1) is 8.70. The predicted octanol–water partition coefficient (Wildman–Crippen LogP) is 3.04. The van der Waals surface area contributed by atoms with Crippen molar-refractivity contribution in [1.29, 1.82) is 0 Å². The number of aliphatic imine (C=N–C) groups is 1. The van der Waals surface area contributed by atoms with Gasteiger partial charge < -0.3 is 0 Å². The summed E-state index contributed by atoms with van der Waals surface area (Å²) in [5.74, 6) is 0.855. The van der Waals surface area contributed by atoms with Crippen LogP contribution in [0.1, 0.15) is 32.1 Å². The molecule has 0 aromatic rings. The first-order chi connectivity index (χ1) is 5.86. The molecule has 1 nitrogen and oxygen atoms in total. The van der Waals surface area contributed by atoms with Crippen LogP contribution in [0.2, 0.25) is 0 Å². The number of thiocarbonyl (C=S) groups is 1. The predicted molar refractivity (Wildman–Crippen MR) is 59.0 cm³/mol. The maximum absolute atomic E-state index is 5.03. The van der Waals surface area contributed by atoms with E-state index in [2.05, 4.69) is 11.2 Å². The highest BCUT2D eigenvalue weighted by Gasteiger charge is 2.26. The highest BCUT2D eigenvalue weighted by molar-refractivity contribution is 8.24. The third-order valence-corrected chi connectivity index (χ3v) is 4.16. The average molecular weight is 199 g/mol. The Morgan fingerprint density at radius 1 is 1.33 bits per heavy atom. The molecule has 1 aliphatic heterocycles. The molecule has 2 rings (SSSR count). The van der Waals surface area contributed by atoms with Gasteiger partial charge >= 0.3 is 0 Å². The van der Waals surface area contributed by atoms with Gasteiger partial charge in [-0.25, -0.2) is 4.99 Å². The molecule has 1 unspecified atom stereocenters. The van der Waals surface area contributed by atoms with Crippen LogP contribution < -0.4 is 0 Å². The molecule has 2 aliphatic rings. The Labute approximate surface area is 83.0 Å². The van der Waals surface area contributed by atoms with E-state index < -0.39 is 0 Å². The zero-order valence-corrected chi connectivity index (χ0v) is 8.66. The van der Waals surface area contributed by atoms with Crippen molar-refractivity contribution >= 4 is 34.5 Å². The lowest BCUT2D eigenvalue weighted by molar-refractivity contribution is 0.376. The van der Waals surface area contributed by atoms with E-state index in [1.807, 2.05) is 0 Å². The van der Waals surface area contributed by atoms with Crippen molar-refractivity contribution in [3.63, 3.8) is 0 Å². The number of nitrogens with zero attached hydrogens (tertiary/aromatic N) is 1. The third kappa shape index (κ3) is 1.88. The summed E-state index contributed by atoms with van der Waals surface area (Å²) in [6, 6.07) is 0. The van der Waals surface area contributed by atoms with Crippen molar-refractivity contribution in [2.75, 3.05) is 0 Å². The van der Waals surface area contributed by atoms with Crippen LogP contribution in [-0.2, 0) is 0 Å². The molecule has 0 saturated heterocycles.